The highest BCUT2D eigenvalue weighted by atomic mass is 32.1. The molecule has 3 N–H and O–H groups in total. The summed E-state index contributed by atoms with van der Waals surface area (Å²) in [5.74, 6) is -0.515. The summed E-state index contributed by atoms with van der Waals surface area (Å²) in [5, 5.41) is 16.8. The maximum Gasteiger partial charge on any atom is 0.410 e. The highest BCUT2D eigenvalue weighted by molar-refractivity contribution is 7.13. The van der Waals surface area contributed by atoms with Crippen molar-refractivity contribution in [2.75, 3.05) is 19.6 Å². The maximum atomic E-state index is 13.8. The minimum absolute atomic E-state index is 0.0767. The van der Waals surface area contributed by atoms with Gasteiger partial charge in [-0.05, 0) is 44.2 Å². The average molecular weight is 586 g/mol. The van der Waals surface area contributed by atoms with Gasteiger partial charge in [-0.3, -0.25) is 14.9 Å². The van der Waals surface area contributed by atoms with Crippen LogP contribution >= 0.6 is 11.3 Å². The van der Waals surface area contributed by atoms with Crippen molar-refractivity contribution in [3.8, 4) is 10.4 Å². The van der Waals surface area contributed by atoms with E-state index in [4.69, 9.17) is 4.74 Å². The quantitative estimate of drug-likeness (QED) is 0.456. The molecule has 4 rings (SSSR count). The third kappa shape index (κ3) is 7.64. The van der Waals surface area contributed by atoms with Crippen LogP contribution in [-0.4, -0.2) is 87.3 Å². The topological polar surface area (TPSA) is 124 Å². The van der Waals surface area contributed by atoms with Crippen molar-refractivity contribution in [1.29, 1.82) is 0 Å². The van der Waals surface area contributed by atoms with Crippen molar-refractivity contribution < 1.29 is 24.2 Å². The number of carbonyl (C=O) groups excluding carboxylic acids is 3. The first-order valence-electron chi connectivity index (χ1n) is 14.1. The Balaban J connectivity index is 1.36. The molecule has 0 saturated carbocycles. The van der Waals surface area contributed by atoms with Crippen molar-refractivity contribution in [3.63, 3.8) is 0 Å². The zero-order valence-electron chi connectivity index (χ0n) is 25.1. The molecule has 1 aromatic carbocycles. The fraction of sp³-hybridized carbons (Fsp3) is 0.600. The summed E-state index contributed by atoms with van der Waals surface area (Å²) < 4.78 is 5.44. The van der Waals surface area contributed by atoms with Crippen LogP contribution in [0.5, 0.6) is 0 Å². The fourth-order valence-corrected chi connectivity index (χ4v) is 5.93. The second-order valence-electron chi connectivity index (χ2n) is 13.1. The number of amides is 3. The predicted molar refractivity (Wildman–Crippen MR) is 158 cm³/mol. The second-order valence-corrected chi connectivity index (χ2v) is 14.0. The number of hydrogen-bond acceptors (Lipinski definition) is 8. The highest BCUT2D eigenvalue weighted by Crippen LogP contribution is 2.29. The molecule has 0 aliphatic carbocycles. The molecule has 1 aromatic heterocycles. The Bertz CT molecular complexity index is 1240. The number of ether oxygens (including phenoxy) is 1. The number of aliphatic hydroxyl groups is 1. The lowest BCUT2D eigenvalue weighted by atomic mass is 9.84. The van der Waals surface area contributed by atoms with E-state index in [1.54, 1.807) is 16.2 Å². The van der Waals surface area contributed by atoms with E-state index < -0.39 is 29.2 Å². The van der Waals surface area contributed by atoms with Crippen LogP contribution in [0.2, 0.25) is 0 Å². The third-order valence-corrected chi connectivity index (χ3v) is 8.32. The number of nitrogens with one attached hydrogen (secondary N) is 2. The number of hydrogen-bond donors (Lipinski definition) is 3. The van der Waals surface area contributed by atoms with Gasteiger partial charge < -0.3 is 25.0 Å². The molecule has 0 radical (unpaired) electrons. The van der Waals surface area contributed by atoms with Crippen LogP contribution in [0.4, 0.5) is 4.79 Å². The molecule has 2 aliphatic rings. The zero-order chi connectivity index (χ0) is 30.1. The Morgan fingerprint density at radius 2 is 1.76 bits per heavy atom. The van der Waals surface area contributed by atoms with Crippen LogP contribution in [-0.2, 0) is 20.9 Å². The Kier molecular flexibility index (Phi) is 9.10. The van der Waals surface area contributed by atoms with Crippen molar-refractivity contribution in [2.24, 2.45) is 5.41 Å². The Hall–Kier alpha value is -3.02. The Morgan fingerprint density at radius 1 is 1.10 bits per heavy atom. The smallest absolute Gasteiger partial charge is 0.410 e. The lowest BCUT2D eigenvalue weighted by Crippen LogP contribution is -2.66. The van der Waals surface area contributed by atoms with Crippen molar-refractivity contribution in [1.82, 2.24) is 25.4 Å². The standard InChI is InChI=1S/C30H43N5O5S/c1-18-24(41-17-32-18)20-10-8-19(9-11-20)13-31-26(37)23-12-22(36)16-35(23)27(38)25(29(2,3)4)33-21-14-34(15-21)28(39)40-30(5,6)7/h8-11,17,21-23,25,33,36H,12-16H2,1-7H3,(H,31,37)/t22-,23+,25-/m1/s1. The molecule has 2 fully saturated rings. The van der Waals surface area contributed by atoms with Crippen LogP contribution in [0.25, 0.3) is 10.4 Å². The molecule has 3 amide bonds. The lowest BCUT2D eigenvalue weighted by Gasteiger charge is -2.44. The number of aryl methyl sites for hydroxylation is 1. The number of carbonyl (C=O) groups is 3. The summed E-state index contributed by atoms with van der Waals surface area (Å²) in [6.45, 7) is 14.6. The van der Waals surface area contributed by atoms with Gasteiger partial charge in [0.15, 0.2) is 0 Å². The molecule has 0 spiro atoms. The summed E-state index contributed by atoms with van der Waals surface area (Å²) in [6, 6.07) is 6.54. The molecular weight excluding hydrogens is 542 g/mol. The van der Waals surface area contributed by atoms with E-state index in [9.17, 15) is 19.5 Å². The number of likely N-dealkylation sites (tertiary alicyclic amines) is 2. The second kappa shape index (κ2) is 12.1. The van der Waals surface area contributed by atoms with Crippen molar-refractivity contribution in [2.45, 2.75) is 91.3 Å². The Morgan fingerprint density at radius 3 is 2.32 bits per heavy atom. The first kappa shape index (κ1) is 30.9. The average Bonchev–Trinajstić information content (AvgIpc) is 3.45. The van der Waals surface area contributed by atoms with E-state index in [1.807, 2.05) is 78.2 Å². The SMILES string of the molecule is Cc1ncsc1-c1ccc(CNC(=O)[C@@H]2C[C@@H](O)CN2C(=O)[C@@H](NC2CN(C(=O)OC(C)(C)C)C2)C(C)(C)C)cc1. The number of rotatable bonds is 7. The van der Waals surface area contributed by atoms with Gasteiger partial charge in [0.25, 0.3) is 0 Å². The normalized spacial score (nSPS) is 20.5. The molecule has 2 aromatic rings. The van der Waals surface area contributed by atoms with Gasteiger partial charge in [0.05, 0.1) is 28.2 Å². The number of benzene rings is 1. The van der Waals surface area contributed by atoms with Crippen molar-refractivity contribution in [3.05, 3.63) is 41.0 Å². The van der Waals surface area contributed by atoms with Gasteiger partial charge >= 0.3 is 6.09 Å². The first-order chi connectivity index (χ1) is 19.1. The number of aliphatic hydroxyl groups excluding tert-OH is 1. The van der Waals surface area contributed by atoms with Gasteiger partial charge in [-0.1, -0.05) is 45.0 Å². The van der Waals surface area contributed by atoms with Crippen LogP contribution in [0, 0.1) is 12.3 Å². The molecule has 11 heteroatoms. The number of nitrogens with zero attached hydrogens (tertiary/aromatic N) is 3. The molecule has 41 heavy (non-hydrogen) atoms. The van der Waals surface area contributed by atoms with Gasteiger partial charge in [0.2, 0.25) is 11.8 Å². The third-order valence-electron chi connectivity index (χ3n) is 7.34. The predicted octanol–water partition coefficient (Wildman–Crippen LogP) is 3.32. The van der Waals surface area contributed by atoms with Gasteiger partial charge in [-0.25, -0.2) is 9.78 Å². The molecule has 224 valence electrons. The fourth-order valence-electron chi connectivity index (χ4n) is 5.12. The van der Waals surface area contributed by atoms with Crippen LogP contribution < -0.4 is 10.6 Å². The summed E-state index contributed by atoms with van der Waals surface area (Å²) >= 11 is 1.59. The molecular formula is C30H43N5O5S. The van der Waals surface area contributed by atoms with E-state index in [2.05, 4.69) is 15.6 Å². The highest BCUT2D eigenvalue weighted by Gasteiger charge is 2.46. The summed E-state index contributed by atoms with van der Waals surface area (Å²) in [5.41, 5.74) is 3.80. The van der Waals surface area contributed by atoms with Gasteiger partial charge in [0.1, 0.15) is 11.6 Å². The van der Waals surface area contributed by atoms with E-state index in [-0.39, 0.29) is 36.9 Å². The van der Waals surface area contributed by atoms with E-state index in [0.29, 0.717) is 19.6 Å². The summed E-state index contributed by atoms with van der Waals surface area (Å²) in [7, 11) is 0. The van der Waals surface area contributed by atoms with Crippen LogP contribution in [0.15, 0.2) is 29.8 Å². The molecule has 0 bridgehead atoms. The molecule has 0 unspecified atom stereocenters. The summed E-state index contributed by atoms with van der Waals surface area (Å²) in [4.78, 5) is 48.0. The lowest BCUT2D eigenvalue weighted by molar-refractivity contribution is -0.142. The summed E-state index contributed by atoms with van der Waals surface area (Å²) in [6.07, 6.45) is -0.959. The van der Waals surface area contributed by atoms with E-state index in [1.165, 1.54) is 4.90 Å². The van der Waals surface area contributed by atoms with E-state index >= 15 is 0 Å². The van der Waals surface area contributed by atoms with Crippen LogP contribution in [0.1, 0.15) is 59.2 Å². The van der Waals surface area contributed by atoms with Crippen LogP contribution in [0.3, 0.4) is 0 Å². The largest absolute Gasteiger partial charge is 0.444 e. The van der Waals surface area contributed by atoms with Gasteiger partial charge in [0, 0.05) is 38.6 Å². The number of aromatic nitrogens is 1. The monoisotopic (exact) mass is 585 g/mol. The molecule has 10 nitrogen and oxygen atoms in total. The first-order valence-corrected chi connectivity index (χ1v) is 15.0. The van der Waals surface area contributed by atoms with Gasteiger partial charge in [-0.15, -0.1) is 11.3 Å². The molecule has 2 saturated heterocycles. The minimum Gasteiger partial charge on any atom is -0.444 e. The van der Waals surface area contributed by atoms with Crippen molar-refractivity contribution >= 4 is 29.2 Å². The molecule has 3 atom stereocenters. The molecule has 2 aliphatic heterocycles. The number of thiazole rings is 1. The molecule has 3 heterocycles. The maximum absolute atomic E-state index is 13.8. The minimum atomic E-state index is -0.774. The van der Waals surface area contributed by atoms with Gasteiger partial charge in [-0.2, -0.15) is 0 Å². The van der Waals surface area contributed by atoms with E-state index in [0.717, 1.165) is 21.7 Å². The zero-order valence-corrected chi connectivity index (χ0v) is 25.9. The Labute approximate surface area is 246 Å². The number of β-amino-alcohol motifs (C(OH)–C–C–N with tert-alkyl or cyclic N) is 1.